The molecule has 4 aromatic rings. The molecule has 0 radical (unpaired) electrons. The molecule has 2 aromatic carbocycles. The van der Waals surface area contributed by atoms with Crippen LogP contribution in [0.3, 0.4) is 0 Å². The molecule has 2 aromatic heterocycles. The third-order valence-electron chi connectivity index (χ3n) is 6.66. The highest BCUT2D eigenvalue weighted by Crippen LogP contribution is 2.33. The molecule has 0 unspecified atom stereocenters. The van der Waals surface area contributed by atoms with Crippen molar-refractivity contribution in [1.82, 2.24) is 25.8 Å². The number of benzene rings is 2. The van der Waals surface area contributed by atoms with Gasteiger partial charge in [-0.25, -0.2) is 9.37 Å². The molecule has 186 valence electrons. The van der Waals surface area contributed by atoms with Crippen LogP contribution in [0, 0.1) is 5.82 Å². The monoisotopic (exact) mass is 486 g/mol. The number of aromatic nitrogens is 3. The Morgan fingerprint density at radius 2 is 2.03 bits per heavy atom. The predicted molar refractivity (Wildman–Crippen MR) is 140 cm³/mol. The summed E-state index contributed by atoms with van der Waals surface area (Å²) in [6.07, 6.45) is 2.70. The highest BCUT2D eigenvalue weighted by Gasteiger charge is 2.20. The van der Waals surface area contributed by atoms with Crippen LogP contribution in [0.15, 0.2) is 54.7 Å². The van der Waals surface area contributed by atoms with Crippen molar-refractivity contribution in [3.05, 3.63) is 77.2 Å². The van der Waals surface area contributed by atoms with E-state index in [9.17, 15) is 4.79 Å². The molecule has 4 N–H and O–H groups in total. The maximum Gasteiger partial charge on any atom is 0.251 e. The predicted octanol–water partition coefficient (Wildman–Crippen LogP) is 4.77. The number of H-pyrrole nitrogens is 1. The van der Waals surface area contributed by atoms with Gasteiger partial charge in [0.15, 0.2) is 11.5 Å². The molecule has 8 heteroatoms. The molecule has 1 amide bonds. The van der Waals surface area contributed by atoms with E-state index in [4.69, 9.17) is 0 Å². The average Bonchev–Trinajstić information content (AvgIpc) is 3.53. The van der Waals surface area contributed by atoms with Gasteiger partial charge in [-0.1, -0.05) is 45.0 Å². The zero-order valence-corrected chi connectivity index (χ0v) is 20.8. The van der Waals surface area contributed by atoms with Crippen LogP contribution in [0.4, 0.5) is 10.2 Å². The number of fused-ring (bicyclic) bond motifs is 1. The fourth-order valence-electron chi connectivity index (χ4n) is 4.53. The molecule has 1 atom stereocenters. The van der Waals surface area contributed by atoms with Gasteiger partial charge >= 0.3 is 0 Å². The number of nitrogens with zero attached hydrogens (tertiary/aromatic N) is 2. The third-order valence-corrected chi connectivity index (χ3v) is 6.66. The van der Waals surface area contributed by atoms with Crippen molar-refractivity contribution in [2.75, 3.05) is 18.4 Å². The number of rotatable bonds is 6. The third kappa shape index (κ3) is 4.95. The summed E-state index contributed by atoms with van der Waals surface area (Å²) in [7, 11) is 0. The first-order valence-electron chi connectivity index (χ1n) is 12.3. The lowest BCUT2D eigenvalue weighted by molar-refractivity contribution is 0.0950. The summed E-state index contributed by atoms with van der Waals surface area (Å²) in [4.78, 5) is 17.1. The van der Waals surface area contributed by atoms with Gasteiger partial charge < -0.3 is 16.0 Å². The lowest BCUT2D eigenvalue weighted by atomic mass is 9.86. The Labute approximate surface area is 209 Å². The van der Waals surface area contributed by atoms with E-state index in [2.05, 4.69) is 51.9 Å². The Morgan fingerprint density at radius 1 is 1.17 bits per heavy atom. The van der Waals surface area contributed by atoms with Gasteiger partial charge in [-0.05, 0) is 59.3 Å². The summed E-state index contributed by atoms with van der Waals surface area (Å²) in [6, 6.07) is 14.8. The summed E-state index contributed by atoms with van der Waals surface area (Å²) < 4.78 is 15.1. The van der Waals surface area contributed by atoms with Gasteiger partial charge in [-0.2, -0.15) is 5.10 Å². The highest BCUT2D eigenvalue weighted by atomic mass is 19.1. The first-order valence-corrected chi connectivity index (χ1v) is 12.3. The molecule has 1 aliphatic heterocycles. The lowest BCUT2D eigenvalue weighted by Gasteiger charge is -2.19. The molecule has 0 bridgehead atoms. The van der Waals surface area contributed by atoms with Crippen LogP contribution < -0.4 is 16.0 Å². The number of aromatic amines is 1. The van der Waals surface area contributed by atoms with Crippen molar-refractivity contribution >= 4 is 22.8 Å². The standard InChI is InChI=1S/C28H31FN6O/c1-28(2,3)20-6-4-5-18(13-20)27(36)32-15-19-8-7-17(14-23(19)29)22-10-12-31-25-24(22)26(35-34-25)33-21-9-11-30-16-21/h4-8,10,12-14,21,30H,9,11,15-16H2,1-3H3,(H,32,36)(H2,31,33,34,35)/t21-/m1/s1. The van der Waals surface area contributed by atoms with Gasteiger partial charge in [0, 0.05) is 36.5 Å². The molecular weight excluding hydrogens is 455 g/mol. The maximum absolute atomic E-state index is 15.1. The Bertz CT molecular complexity index is 1400. The molecule has 5 rings (SSSR count). The number of pyridine rings is 1. The molecule has 1 fully saturated rings. The minimum Gasteiger partial charge on any atom is -0.364 e. The number of halogens is 1. The minimum absolute atomic E-state index is 0.0605. The Morgan fingerprint density at radius 3 is 2.78 bits per heavy atom. The maximum atomic E-state index is 15.1. The number of hydrogen-bond donors (Lipinski definition) is 4. The molecule has 7 nitrogen and oxygen atoms in total. The van der Waals surface area contributed by atoms with Crippen LogP contribution in [0.1, 0.15) is 48.7 Å². The van der Waals surface area contributed by atoms with Crippen LogP contribution in [0.25, 0.3) is 22.2 Å². The van der Waals surface area contributed by atoms with E-state index in [0.717, 1.165) is 47.4 Å². The summed E-state index contributed by atoms with van der Waals surface area (Å²) in [6.45, 7) is 8.25. The van der Waals surface area contributed by atoms with E-state index in [-0.39, 0.29) is 29.7 Å². The van der Waals surface area contributed by atoms with Gasteiger partial charge in [0.25, 0.3) is 5.91 Å². The zero-order valence-electron chi connectivity index (χ0n) is 20.8. The topological polar surface area (TPSA) is 94.7 Å². The van der Waals surface area contributed by atoms with E-state index in [1.807, 2.05) is 30.3 Å². The number of anilines is 1. The summed E-state index contributed by atoms with van der Waals surface area (Å²) >= 11 is 0. The van der Waals surface area contributed by atoms with Crippen molar-refractivity contribution in [2.24, 2.45) is 0 Å². The normalized spacial score (nSPS) is 15.8. The van der Waals surface area contributed by atoms with Crippen molar-refractivity contribution in [2.45, 2.75) is 45.2 Å². The van der Waals surface area contributed by atoms with Gasteiger partial charge in [-0.3, -0.25) is 9.89 Å². The molecule has 0 spiro atoms. The van der Waals surface area contributed by atoms with Gasteiger partial charge in [-0.15, -0.1) is 0 Å². The van der Waals surface area contributed by atoms with Crippen LogP contribution in [0.2, 0.25) is 0 Å². The second-order valence-corrected chi connectivity index (χ2v) is 10.3. The van der Waals surface area contributed by atoms with Crippen molar-refractivity contribution in [1.29, 1.82) is 0 Å². The first-order chi connectivity index (χ1) is 17.3. The summed E-state index contributed by atoms with van der Waals surface area (Å²) in [5.41, 5.74) is 4.22. The largest absolute Gasteiger partial charge is 0.364 e. The SMILES string of the molecule is CC(C)(C)c1cccc(C(=O)NCc2ccc(-c3ccnc4[nH]nc(N[C@@H]5CCNC5)c34)cc2F)c1. The Balaban J connectivity index is 1.35. The van der Waals surface area contributed by atoms with E-state index in [0.29, 0.717) is 16.8 Å². The average molecular weight is 487 g/mol. The van der Waals surface area contributed by atoms with Crippen molar-refractivity contribution in [3.63, 3.8) is 0 Å². The zero-order chi connectivity index (χ0) is 25.3. The smallest absolute Gasteiger partial charge is 0.251 e. The molecule has 3 heterocycles. The quantitative estimate of drug-likeness (QED) is 0.315. The first kappa shape index (κ1) is 23.9. The van der Waals surface area contributed by atoms with E-state index in [1.165, 1.54) is 6.07 Å². The highest BCUT2D eigenvalue weighted by molar-refractivity contribution is 6.00. The van der Waals surface area contributed by atoms with Crippen molar-refractivity contribution < 1.29 is 9.18 Å². The Hall–Kier alpha value is -3.78. The van der Waals surface area contributed by atoms with E-state index in [1.54, 1.807) is 18.3 Å². The number of nitrogens with one attached hydrogen (secondary N) is 4. The summed E-state index contributed by atoms with van der Waals surface area (Å²) in [5, 5.41) is 17.9. The van der Waals surface area contributed by atoms with Crippen LogP contribution in [-0.2, 0) is 12.0 Å². The number of carbonyl (C=O) groups excluding carboxylic acids is 1. The van der Waals surface area contributed by atoms with E-state index >= 15 is 4.39 Å². The lowest BCUT2D eigenvalue weighted by Crippen LogP contribution is -2.24. The Kier molecular flexibility index (Phi) is 6.45. The number of hydrogen-bond acceptors (Lipinski definition) is 5. The fraction of sp³-hybridized carbons (Fsp3) is 0.321. The van der Waals surface area contributed by atoms with E-state index < -0.39 is 0 Å². The molecule has 1 saturated heterocycles. The number of carbonyl (C=O) groups is 1. The summed E-state index contributed by atoms with van der Waals surface area (Å²) in [5.74, 6) is 0.117. The van der Waals surface area contributed by atoms with Gasteiger partial charge in [0.1, 0.15) is 5.82 Å². The second-order valence-electron chi connectivity index (χ2n) is 10.3. The van der Waals surface area contributed by atoms with Gasteiger partial charge in [0.05, 0.1) is 5.39 Å². The molecule has 0 saturated carbocycles. The van der Waals surface area contributed by atoms with Crippen LogP contribution in [0.5, 0.6) is 0 Å². The number of amides is 1. The second kappa shape index (κ2) is 9.70. The van der Waals surface area contributed by atoms with Crippen LogP contribution in [-0.4, -0.2) is 40.2 Å². The van der Waals surface area contributed by atoms with Gasteiger partial charge in [0.2, 0.25) is 0 Å². The molecule has 0 aliphatic carbocycles. The van der Waals surface area contributed by atoms with Crippen LogP contribution >= 0.6 is 0 Å². The fourth-order valence-corrected chi connectivity index (χ4v) is 4.53. The minimum atomic E-state index is -0.376. The molecule has 36 heavy (non-hydrogen) atoms. The molecule has 1 aliphatic rings. The molecular formula is C28H31FN6O. The van der Waals surface area contributed by atoms with Crippen molar-refractivity contribution in [3.8, 4) is 11.1 Å².